The van der Waals surface area contributed by atoms with Crippen LogP contribution in [-0.4, -0.2) is 66.8 Å². The number of benzene rings is 1. The second-order valence-electron chi connectivity index (χ2n) is 4.92. The van der Waals surface area contributed by atoms with Crippen LogP contribution in [0.1, 0.15) is 5.56 Å². The van der Waals surface area contributed by atoms with Crippen LogP contribution in [-0.2, 0) is 16.1 Å². The summed E-state index contributed by atoms with van der Waals surface area (Å²) in [5.41, 5.74) is 1.08. The molecule has 1 aromatic rings. The summed E-state index contributed by atoms with van der Waals surface area (Å²) in [5.74, 6) is 0.0459. The third-order valence-electron chi connectivity index (χ3n) is 3.48. The van der Waals surface area contributed by atoms with E-state index in [1.807, 2.05) is 35.2 Å². The molecule has 1 amide bonds. The van der Waals surface area contributed by atoms with Gasteiger partial charge >= 0.3 is 0 Å². The first-order valence-electron chi connectivity index (χ1n) is 7.02. The summed E-state index contributed by atoms with van der Waals surface area (Å²) in [5, 5.41) is 8.88. The molecule has 1 aliphatic rings. The van der Waals surface area contributed by atoms with Crippen LogP contribution in [0.3, 0.4) is 0 Å². The molecule has 1 aromatic carbocycles. The molecular weight excluding hydrogens is 256 g/mol. The maximum Gasteiger partial charge on any atom is 0.248 e. The molecule has 1 N–H and O–H groups in total. The molecule has 0 bridgehead atoms. The molecular formula is C15H22N2O3. The van der Waals surface area contributed by atoms with Crippen molar-refractivity contribution < 1.29 is 14.6 Å². The highest BCUT2D eigenvalue weighted by Crippen LogP contribution is 2.04. The quantitative estimate of drug-likeness (QED) is 0.815. The van der Waals surface area contributed by atoms with Crippen molar-refractivity contribution in [3.63, 3.8) is 0 Å². The fourth-order valence-corrected chi connectivity index (χ4v) is 2.28. The Morgan fingerprint density at radius 3 is 2.50 bits per heavy atom. The lowest BCUT2D eigenvalue weighted by molar-refractivity contribution is -0.138. The highest BCUT2D eigenvalue weighted by atomic mass is 16.5. The topological polar surface area (TPSA) is 53.0 Å². The van der Waals surface area contributed by atoms with Crippen molar-refractivity contribution in [1.29, 1.82) is 0 Å². The van der Waals surface area contributed by atoms with Gasteiger partial charge in [-0.3, -0.25) is 9.69 Å². The lowest BCUT2D eigenvalue weighted by Crippen LogP contribution is -2.50. The fraction of sp³-hybridized carbons (Fsp3) is 0.533. The lowest BCUT2D eigenvalue weighted by atomic mass is 10.2. The van der Waals surface area contributed by atoms with Crippen molar-refractivity contribution >= 4 is 5.91 Å². The van der Waals surface area contributed by atoms with Gasteiger partial charge in [0.05, 0.1) is 13.2 Å². The number of hydrogen-bond donors (Lipinski definition) is 1. The average molecular weight is 278 g/mol. The van der Waals surface area contributed by atoms with Crippen molar-refractivity contribution in [1.82, 2.24) is 9.80 Å². The molecule has 1 saturated heterocycles. The van der Waals surface area contributed by atoms with Gasteiger partial charge in [-0.2, -0.15) is 0 Å². The summed E-state index contributed by atoms with van der Waals surface area (Å²) < 4.78 is 5.46. The molecule has 0 spiro atoms. The summed E-state index contributed by atoms with van der Waals surface area (Å²) in [6.07, 6.45) is 0. The predicted octanol–water partition coefficient (Wildman–Crippen LogP) is 0.340. The molecule has 20 heavy (non-hydrogen) atoms. The van der Waals surface area contributed by atoms with E-state index in [4.69, 9.17) is 9.84 Å². The number of carbonyl (C=O) groups excluding carboxylic acids is 1. The number of aliphatic hydroxyl groups excluding tert-OH is 1. The number of rotatable bonds is 6. The summed E-state index contributed by atoms with van der Waals surface area (Å²) in [6.45, 7) is 4.55. The van der Waals surface area contributed by atoms with E-state index >= 15 is 0 Å². The molecule has 1 fully saturated rings. The minimum absolute atomic E-state index is 0.0459. The first-order chi connectivity index (χ1) is 9.79. The first-order valence-corrected chi connectivity index (χ1v) is 7.02. The van der Waals surface area contributed by atoms with Gasteiger partial charge in [-0.05, 0) is 5.56 Å². The van der Waals surface area contributed by atoms with E-state index in [-0.39, 0.29) is 19.1 Å². The number of amides is 1. The molecule has 0 aliphatic carbocycles. The standard InChI is InChI=1S/C15H22N2O3/c18-11-10-16-6-8-17(9-7-16)15(19)13-20-12-14-4-2-1-3-5-14/h1-5,18H,6-13H2. The Labute approximate surface area is 119 Å². The van der Waals surface area contributed by atoms with Crippen LogP contribution in [0.15, 0.2) is 30.3 Å². The van der Waals surface area contributed by atoms with Gasteiger partial charge < -0.3 is 14.7 Å². The number of nitrogens with zero attached hydrogens (tertiary/aromatic N) is 2. The van der Waals surface area contributed by atoms with Gasteiger partial charge in [-0.1, -0.05) is 30.3 Å². The zero-order valence-electron chi connectivity index (χ0n) is 11.7. The maximum atomic E-state index is 12.0. The smallest absolute Gasteiger partial charge is 0.248 e. The van der Waals surface area contributed by atoms with Crippen LogP contribution in [0.4, 0.5) is 0 Å². The largest absolute Gasteiger partial charge is 0.395 e. The molecule has 0 saturated carbocycles. The molecule has 2 rings (SSSR count). The van der Waals surface area contributed by atoms with Gasteiger partial charge in [0.25, 0.3) is 0 Å². The van der Waals surface area contributed by atoms with E-state index in [9.17, 15) is 4.79 Å². The van der Waals surface area contributed by atoms with Crippen LogP contribution in [0.2, 0.25) is 0 Å². The van der Waals surface area contributed by atoms with Crippen molar-refractivity contribution in [2.75, 3.05) is 45.9 Å². The Hall–Kier alpha value is -1.43. The minimum Gasteiger partial charge on any atom is -0.395 e. The van der Waals surface area contributed by atoms with E-state index < -0.39 is 0 Å². The Bertz CT molecular complexity index is 403. The molecule has 1 heterocycles. The molecule has 110 valence electrons. The van der Waals surface area contributed by atoms with Crippen LogP contribution < -0.4 is 0 Å². The third kappa shape index (κ3) is 4.59. The summed E-state index contributed by atoms with van der Waals surface area (Å²) in [6, 6.07) is 9.85. The average Bonchev–Trinajstić information content (AvgIpc) is 2.49. The van der Waals surface area contributed by atoms with E-state index in [1.165, 1.54) is 0 Å². The molecule has 5 nitrogen and oxygen atoms in total. The number of piperazine rings is 1. The predicted molar refractivity (Wildman–Crippen MR) is 76.2 cm³/mol. The monoisotopic (exact) mass is 278 g/mol. The van der Waals surface area contributed by atoms with Crippen molar-refractivity contribution in [2.45, 2.75) is 6.61 Å². The molecule has 5 heteroatoms. The Morgan fingerprint density at radius 2 is 1.85 bits per heavy atom. The summed E-state index contributed by atoms with van der Waals surface area (Å²) in [4.78, 5) is 16.0. The molecule has 0 atom stereocenters. The Balaban J connectivity index is 1.66. The first kappa shape index (κ1) is 15.0. The van der Waals surface area contributed by atoms with E-state index in [2.05, 4.69) is 4.90 Å². The van der Waals surface area contributed by atoms with Gasteiger partial charge in [-0.25, -0.2) is 0 Å². The van der Waals surface area contributed by atoms with Gasteiger partial charge in [0, 0.05) is 32.7 Å². The van der Waals surface area contributed by atoms with Gasteiger partial charge in [0.2, 0.25) is 5.91 Å². The van der Waals surface area contributed by atoms with Gasteiger partial charge in [0.15, 0.2) is 0 Å². The molecule has 0 unspecified atom stereocenters. The fourth-order valence-electron chi connectivity index (χ4n) is 2.28. The van der Waals surface area contributed by atoms with Gasteiger partial charge in [0.1, 0.15) is 6.61 Å². The SMILES string of the molecule is O=C(COCc1ccccc1)N1CCN(CCO)CC1. The zero-order valence-corrected chi connectivity index (χ0v) is 11.7. The minimum atomic E-state index is 0.0459. The van der Waals surface area contributed by atoms with Crippen LogP contribution in [0.25, 0.3) is 0 Å². The summed E-state index contributed by atoms with van der Waals surface area (Å²) in [7, 11) is 0. The van der Waals surface area contributed by atoms with E-state index in [0.717, 1.165) is 18.7 Å². The number of aliphatic hydroxyl groups is 1. The highest BCUT2D eigenvalue weighted by molar-refractivity contribution is 5.77. The number of ether oxygens (including phenoxy) is 1. The van der Waals surface area contributed by atoms with Crippen LogP contribution in [0.5, 0.6) is 0 Å². The maximum absolute atomic E-state index is 12.0. The third-order valence-corrected chi connectivity index (χ3v) is 3.48. The van der Waals surface area contributed by atoms with Crippen molar-refractivity contribution in [3.8, 4) is 0 Å². The molecule has 1 aliphatic heterocycles. The number of carbonyl (C=O) groups is 1. The second-order valence-corrected chi connectivity index (χ2v) is 4.92. The van der Waals surface area contributed by atoms with Crippen molar-refractivity contribution in [2.24, 2.45) is 0 Å². The van der Waals surface area contributed by atoms with E-state index in [0.29, 0.717) is 26.2 Å². The zero-order chi connectivity index (χ0) is 14.2. The Kier molecular flexibility index (Phi) is 5.98. The normalized spacial score (nSPS) is 16.4. The van der Waals surface area contributed by atoms with Crippen molar-refractivity contribution in [3.05, 3.63) is 35.9 Å². The highest BCUT2D eigenvalue weighted by Gasteiger charge is 2.20. The number of hydrogen-bond acceptors (Lipinski definition) is 4. The molecule has 0 aromatic heterocycles. The Morgan fingerprint density at radius 1 is 1.15 bits per heavy atom. The van der Waals surface area contributed by atoms with Crippen LogP contribution in [0, 0.1) is 0 Å². The number of β-amino-alcohol motifs (C(OH)–C–C–N with tert-alkyl or cyclic N) is 1. The van der Waals surface area contributed by atoms with Gasteiger partial charge in [-0.15, -0.1) is 0 Å². The summed E-state index contributed by atoms with van der Waals surface area (Å²) >= 11 is 0. The van der Waals surface area contributed by atoms with E-state index in [1.54, 1.807) is 0 Å². The second kappa shape index (κ2) is 7.99. The van der Waals surface area contributed by atoms with Crippen LogP contribution >= 0.6 is 0 Å². The molecule has 0 radical (unpaired) electrons. The lowest BCUT2D eigenvalue weighted by Gasteiger charge is -2.34.